The van der Waals surface area contributed by atoms with E-state index in [2.05, 4.69) is 25.4 Å². The van der Waals surface area contributed by atoms with Crippen molar-refractivity contribution in [3.63, 3.8) is 0 Å². The van der Waals surface area contributed by atoms with Gasteiger partial charge in [0.25, 0.3) is 0 Å². The fourth-order valence-electron chi connectivity index (χ4n) is 3.59. The maximum absolute atomic E-state index is 3.40. The van der Waals surface area contributed by atoms with Gasteiger partial charge in [0.15, 0.2) is 0 Å². The summed E-state index contributed by atoms with van der Waals surface area (Å²) in [6.07, 6.45) is 9.27. The SMILES string of the molecule is CN[C@H](C)Cc1c2c(cc3c1CCC3)CCC2. The first-order chi connectivity index (χ1) is 8.29. The van der Waals surface area contributed by atoms with Crippen molar-refractivity contribution in [2.75, 3.05) is 7.05 Å². The Labute approximate surface area is 105 Å². The van der Waals surface area contributed by atoms with Crippen molar-refractivity contribution in [1.82, 2.24) is 5.32 Å². The molecule has 1 atom stereocenters. The van der Waals surface area contributed by atoms with Crippen molar-refractivity contribution >= 4 is 0 Å². The first kappa shape index (κ1) is 11.3. The van der Waals surface area contributed by atoms with Crippen LogP contribution in [0.1, 0.15) is 47.6 Å². The lowest BCUT2D eigenvalue weighted by Gasteiger charge is -2.18. The van der Waals surface area contributed by atoms with Crippen LogP contribution in [0.3, 0.4) is 0 Å². The van der Waals surface area contributed by atoms with E-state index in [1.54, 1.807) is 27.8 Å². The average Bonchev–Trinajstić information content (AvgIpc) is 2.96. The van der Waals surface area contributed by atoms with E-state index < -0.39 is 0 Å². The van der Waals surface area contributed by atoms with Crippen LogP contribution >= 0.6 is 0 Å². The molecule has 0 fully saturated rings. The highest BCUT2D eigenvalue weighted by Gasteiger charge is 2.24. The monoisotopic (exact) mass is 229 g/mol. The van der Waals surface area contributed by atoms with E-state index in [0.717, 1.165) is 0 Å². The highest BCUT2D eigenvalue weighted by Crippen LogP contribution is 2.35. The summed E-state index contributed by atoms with van der Waals surface area (Å²) in [5.41, 5.74) is 8.49. The molecule has 1 aromatic carbocycles. The van der Waals surface area contributed by atoms with Gasteiger partial charge < -0.3 is 5.32 Å². The van der Waals surface area contributed by atoms with E-state index in [4.69, 9.17) is 0 Å². The van der Waals surface area contributed by atoms with Gasteiger partial charge in [0.1, 0.15) is 0 Å². The number of benzene rings is 1. The van der Waals surface area contributed by atoms with Crippen LogP contribution < -0.4 is 5.32 Å². The van der Waals surface area contributed by atoms with Gasteiger partial charge in [0.05, 0.1) is 0 Å². The first-order valence-corrected chi connectivity index (χ1v) is 7.12. The number of likely N-dealkylation sites (N-methyl/N-ethyl adjacent to an activating group) is 1. The first-order valence-electron chi connectivity index (χ1n) is 7.12. The van der Waals surface area contributed by atoms with E-state index in [9.17, 15) is 0 Å². The van der Waals surface area contributed by atoms with Crippen LogP contribution in [0.2, 0.25) is 0 Å². The van der Waals surface area contributed by atoms with Crippen molar-refractivity contribution in [3.8, 4) is 0 Å². The van der Waals surface area contributed by atoms with Crippen LogP contribution in [0.15, 0.2) is 6.07 Å². The van der Waals surface area contributed by atoms with Crippen LogP contribution in [-0.4, -0.2) is 13.1 Å². The molecule has 0 saturated heterocycles. The molecule has 2 aliphatic carbocycles. The molecule has 1 heteroatoms. The van der Waals surface area contributed by atoms with Gasteiger partial charge >= 0.3 is 0 Å². The summed E-state index contributed by atoms with van der Waals surface area (Å²) in [5.74, 6) is 0. The van der Waals surface area contributed by atoms with Crippen molar-refractivity contribution in [1.29, 1.82) is 0 Å². The Morgan fingerprint density at radius 2 is 1.65 bits per heavy atom. The summed E-state index contributed by atoms with van der Waals surface area (Å²) >= 11 is 0. The zero-order valence-electron chi connectivity index (χ0n) is 11.1. The predicted molar refractivity (Wildman–Crippen MR) is 72.7 cm³/mol. The van der Waals surface area contributed by atoms with Crippen LogP contribution in [0.4, 0.5) is 0 Å². The minimum atomic E-state index is 0.604. The minimum Gasteiger partial charge on any atom is -0.317 e. The number of fused-ring (bicyclic) bond motifs is 2. The minimum absolute atomic E-state index is 0.604. The molecule has 3 rings (SSSR count). The smallest absolute Gasteiger partial charge is 0.00763 e. The standard InChI is InChI=1S/C16H23N/c1-11(17-2)9-16-14-7-3-5-12(14)10-13-6-4-8-15(13)16/h10-11,17H,3-9H2,1-2H3/t11-/m1/s1. The number of hydrogen-bond acceptors (Lipinski definition) is 1. The molecule has 0 saturated carbocycles. The lowest BCUT2D eigenvalue weighted by atomic mass is 9.90. The Kier molecular flexibility index (Phi) is 2.96. The Balaban J connectivity index is 2.05. The Bertz CT molecular complexity index is 401. The molecular weight excluding hydrogens is 206 g/mol. The number of nitrogens with one attached hydrogen (secondary N) is 1. The molecule has 1 nitrogen and oxygen atoms in total. The molecule has 92 valence electrons. The molecule has 0 spiro atoms. The third kappa shape index (κ3) is 1.91. The molecule has 0 aromatic heterocycles. The maximum Gasteiger partial charge on any atom is 0.00763 e. The second kappa shape index (κ2) is 4.45. The average molecular weight is 229 g/mol. The quantitative estimate of drug-likeness (QED) is 0.840. The fraction of sp³-hybridized carbons (Fsp3) is 0.625. The molecule has 1 N–H and O–H groups in total. The van der Waals surface area contributed by atoms with Crippen LogP contribution in [-0.2, 0) is 32.1 Å². The zero-order chi connectivity index (χ0) is 11.8. The molecule has 0 radical (unpaired) electrons. The topological polar surface area (TPSA) is 12.0 Å². The lowest BCUT2D eigenvalue weighted by Crippen LogP contribution is -2.24. The second-order valence-electron chi connectivity index (χ2n) is 5.73. The number of aryl methyl sites for hydroxylation is 2. The van der Waals surface area contributed by atoms with Gasteiger partial charge in [-0.15, -0.1) is 0 Å². The summed E-state index contributed by atoms with van der Waals surface area (Å²) in [6.45, 7) is 2.30. The molecule has 0 aliphatic heterocycles. The van der Waals surface area contributed by atoms with Crippen LogP contribution in [0.25, 0.3) is 0 Å². The Hall–Kier alpha value is -0.820. The predicted octanol–water partition coefficient (Wildman–Crippen LogP) is 2.81. The summed E-state index contributed by atoms with van der Waals surface area (Å²) in [7, 11) is 2.08. The normalized spacial score (nSPS) is 19.2. The molecule has 0 bridgehead atoms. The van der Waals surface area contributed by atoms with Gasteiger partial charge in [-0.25, -0.2) is 0 Å². The van der Waals surface area contributed by atoms with Crippen molar-refractivity contribution < 1.29 is 0 Å². The maximum atomic E-state index is 3.40. The fourth-order valence-corrected chi connectivity index (χ4v) is 3.59. The van der Waals surface area contributed by atoms with Gasteiger partial charge in [0, 0.05) is 6.04 Å². The van der Waals surface area contributed by atoms with Gasteiger partial charge in [-0.2, -0.15) is 0 Å². The second-order valence-corrected chi connectivity index (χ2v) is 5.73. The van der Waals surface area contributed by atoms with E-state index in [0.29, 0.717) is 6.04 Å². The van der Waals surface area contributed by atoms with E-state index >= 15 is 0 Å². The molecule has 0 heterocycles. The third-order valence-corrected chi connectivity index (χ3v) is 4.60. The molecule has 17 heavy (non-hydrogen) atoms. The van der Waals surface area contributed by atoms with Gasteiger partial charge in [-0.1, -0.05) is 6.07 Å². The zero-order valence-corrected chi connectivity index (χ0v) is 11.1. The molecule has 0 amide bonds. The highest BCUT2D eigenvalue weighted by atomic mass is 14.8. The summed E-state index contributed by atoms with van der Waals surface area (Å²) < 4.78 is 0. The molecule has 2 aliphatic rings. The third-order valence-electron chi connectivity index (χ3n) is 4.60. The number of rotatable bonds is 3. The van der Waals surface area contributed by atoms with Gasteiger partial charge in [-0.05, 0) is 86.7 Å². The van der Waals surface area contributed by atoms with Crippen molar-refractivity contribution in [3.05, 3.63) is 33.9 Å². The van der Waals surface area contributed by atoms with Crippen molar-refractivity contribution in [2.45, 2.75) is 57.9 Å². The highest BCUT2D eigenvalue weighted by molar-refractivity contribution is 5.50. The summed E-state index contributed by atoms with van der Waals surface area (Å²) in [5, 5.41) is 3.40. The van der Waals surface area contributed by atoms with E-state index in [1.807, 2.05) is 0 Å². The molecular formula is C16H23N. The van der Waals surface area contributed by atoms with Crippen molar-refractivity contribution in [2.24, 2.45) is 0 Å². The van der Waals surface area contributed by atoms with Gasteiger partial charge in [0.2, 0.25) is 0 Å². The van der Waals surface area contributed by atoms with Crippen LogP contribution in [0.5, 0.6) is 0 Å². The summed E-state index contributed by atoms with van der Waals surface area (Å²) in [6, 6.07) is 3.13. The number of hydrogen-bond donors (Lipinski definition) is 1. The van der Waals surface area contributed by atoms with E-state index in [1.165, 1.54) is 44.9 Å². The molecule has 1 aromatic rings. The van der Waals surface area contributed by atoms with Crippen LogP contribution in [0, 0.1) is 0 Å². The lowest BCUT2D eigenvalue weighted by molar-refractivity contribution is 0.603. The van der Waals surface area contributed by atoms with E-state index in [-0.39, 0.29) is 0 Å². The Morgan fingerprint density at radius 1 is 1.06 bits per heavy atom. The molecule has 0 unspecified atom stereocenters. The Morgan fingerprint density at radius 3 is 2.18 bits per heavy atom. The van der Waals surface area contributed by atoms with Gasteiger partial charge in [-0.3, -0.25) is 0 Å². The largest absolute Gasteiger partial charge is 0.317 e. The summed E-state index contributed by atoms with van der Waals surface area (Å²) in [4.78, 5) is 0.